The molecule has 3 aromatic rings. The van der Waals surface area contributed by atoms with E-state index in [2.05, 4.69) is 134 Å². The minimum atomic E-state index is 0.140. The minimum Gasteiger partial charge on any atom is -0.248 e. The lowest BCUT2D eigenvalue weighted by Crippen LogP contribution is -2.44. The Morgan fingerprint density at radius 2 is 1.29 bits per heavy atom. The summed E-state index contributed by atoms with van der Waals surface area (Å²) in [5.41, 5.74) is 7.72. The van der Waals surface area contributed by atoms with E-state index in [9.17, 15) is 0 Å². The van der Waals surface area contributed by atoms with Gasteiger partial charge in [-0.3, -0.25) is 0 Å². The van der Waals surface area contributed by atoms with Crippen LogP contribution in [0, 0.1) is 5.41 Å². The van der Waals surface area contributed by atoms with E-state index >= 15 is 0 Å². The van der Waals surface area contributed by atoms with E-state index in [-0.39, 0.29) is 10.7 Å². The summed E-state index contributed by atoms with van der Waals surface area (Å²) in [6, 6.07) is 29.5. The van der Waals surface area contributed by atoms with Gasteiger partial charge in [-0.2, -0.15) is 0 Å². The molecular weight excluding hydrogens is 409 g/mol. The molecule has 0 aromatic heterocycles. The van der Waals surface area contributed by atoms with Crippen LogP contribution in [0.2, 0.25) is 12.1 Å². The first-order chi connectivity index (χ1) is 16.0. The second-order valence-corrected chi connectivity index (χ2v) is 10.8. The van der Waals surface area contributed by atoms with Crippen molar-refractivity contribution in [2.45, 2.75) is 53.7 Å². The molecule has 0 aliphatic rings. The fraction of sp³-hybridized carbons (Fsp3) is 0.281. The molecule has 0 aliphatic carbocycles. The van der Waals surface area contributed by atoms with Crippen molar-refractivity contribution in [3.05, 3.63) is 114 Å². The number of allylic oxidation sites excluding steroid dienone is 2. The Morgan fingerprint density at radius 3 is 1.85 bits per heavy atom. The van der Waals surface area contributed by atoms with Crippen LogP contribution in [0.15, 0.2) is 103 Å². The van der Waals surface area contributed by atoms with Crippen LogP contribution in [0.4, 0.5) is 0 Å². The summed E-state index contributed by atoms with van der Waals surface area (Å²) >= 11 is 0. The van der Waals surface area contributed by atoms with Crippen LogP contribution in [0.1, 0.15) is 58.2 Å². The highest BCUT2D eigenvalue weighted by atomic mass is 14.8. The molecule has 2 heteroatoms. The van der Waals surface area contributed by atoms with Gasteiger partial charge >= 0.3 is 0 Å². The molecule has 1 nitrogen and oxygen atoms in total. The maximum absolute atomic E-state index is 5.04. The normalized spacial score (nSPS) is 13.0. The third-order valence-electron chi connectivity index (χ3n) is 7.64. The summed E-state index contributed by atoms with van der Waals surface area (Å²) in [6.07, 6.45) is 2.16. The fourth-order valence-corrected chi connectivity index (χ4v) is 4.04. The smallest absolute Gasteiger partial charge is 0.179 e. The first-order valence-electron chi connectivity index (χ1n) is 12.2. The predicted molar refractivity (Wildman–Crippen MR) is 153 cm³/mol. The van der Waals surface area contributed by atoms with Crippen LogP contribution in [-0.4, -0.2) is 12.4 Å². The van der Waals surface area contributed by atoms with Gasteiger partial charge in [0.25, 0.3) is 0 Å². The molecule has 0 atom stereocenters. The van der Waals surface area contributed by atoms with Crippen LogP contribution in [-0.2, 0) is 0 Å². The average Bonchev–Trinajstić information content (AvgIpc) is 2.83. The van der Waals surface area contributed by atoms with Gasteiger partial charge in [0, 0.05) is 5.56 Å². The maximum atomic E-state index is 5.04. The Labute approximate surface area is 207 Å². The van der Waals surface area contributed by atoms with Gasteiger partial charge in [0.2, 0.25) is 0 Å². The quantitative estimate of drug-likeness (QED) is 0.255. The molecule has 0 bridgehead atoms. The largest absolute Gasteiger partial charge is 0.248 e. The van der Waals surface area contributed by atoms with Crippen LogP contribution < -0.4 is 5.46 Å². The van der Waals surface area contributed by atoms with Crippen LogP contribution in [0.5, 0.6) is 0 Å². The topological polar surface area (TPSA) is 12.4 Å². The molecule has 0 spiro atoms. The summed E-state index contributed by atoms with van der Waals surface area (Å²) in [5, 5.41) is 0.140. The number of rotatable bonds is 7. The van der Waals surface area contributed by atoms with E-state index in [0.717, 1.165) is 22.5 Å². The van der Waals surface area contributed by atoms with Gasteiger partial charge in [-0.1, -0.05) is 138 Å². The van der Waals surface area contributed by atoms with Gasteiger partial charge < -0.3 is 0 Å². The second kappa shape index (κ2) is 10.4. The summed E-state index contributed by atoms with van der Waals surface area (Å²) < 4.78 is 0. The van der Waals surface area contributed by atoms with E-state index in [1.54, 1.807) is 0 Å². The number of hydrogen-bond donors (Lipinski definition) is 0. The molecule has 174 valence electrons. The number of aliphatic imine (C=N–C) groups is 1. The lowest BCUT2D eigenvalue weighted by molar-refractivity contribution is 0.296. The highest BCUT2D eigenvalue weighted by Gasteiger charge is 2.40. The molecule has 0 saturated carbocycles. The summed E-state index contributed by atoms with van der Waals surface area (Å²) in [4.78, 5) is 5.04. The van der Waals surface area contributed by atoms with Crippen molar-refractivity contribution < 1.29 is 0 Å². The molecule has 0 N–H and O–H groups in total. The van der Waals surface area contributed by atoms with E-state index in [4.69, 9.17) is 4.99 Å². The molecular formula is C32H38BN. The molecule has 3 aromatic carbocycles. The maximum Gasteiger partial charge on any atom is 0.179 e. The number of benzene rings is 3. The highest BCUT2D eigenvalue weighted by Crippen LogP contribution is 2.46. The summed E-state index contributed by atoms with van der Waals surface area (Å²) in [6.45, 7) is 20.9. The molecule has 0 aliphatic heterocycles. The molecule has 0 heterocycles. The van der Waals surface area contributed by atoms with E-state index in [0.29, 0.717) is 6.71 Å². The van der Waals surface area contributed by atoms with Crippen molar-refractivity contribution in [3.8, 4) is 0 Å². The van der Waals surface area contributed by atoms with Gasteiger partial charge in [-0.25, -0.2) is 4.99 Å². The minimum absolute atomic E-state index is 0.140. The standard InChI is InChI=1S/C32H38BN/c1-24(26-16-11-9-12-17-26)22-30(27-18-13-10-14-19-27)34-25(2)28-20-15-21-29(23-28)33(8)32(6,7)31(3,4)5/h9-23H,2H2,1,3-8H3/b24-22+,34-30?. The van der Waals surface area contributed by atoms with Crippen molar-refractivity contribution >= 4 is 29.2 Å². The highest BCUT2D eigenvalue weighted by molar-refractivity contribution is 6.75. The van der Waals surface area contributed by atoms with E-state index < -0.39 is 0 Å². The van der Waals surface area contributed by atoms with Gasteiger partial charge in [-0.05, 0) is 40.4 Å². The Balaban J connectivity index is 2.00. The van der Waals surface area contributed by atoms with Gasteiger partial charge in [-0.15, -0.1) is 0 Å². The Kier molecular flexibility index (Phi) is 7.82. The van der Waals surface area contributed by atoms with Crippen molar-refractivity contribution in [3.63, 3.8) is 0 Å². The third kappa shape index (κ3) is 5.86. The Hall–Kier alpha value is -3.13. The lowest BCUT2D eigenvalue weighted by Gasteiger charge is -2.42. The van der Waals surface area contributed by atoms with Crippen molar-refractivity contribution in [2.75, 3.05) is 0 Å². The molecule has 0 saturated heterocycles. The average molecular weight is 447 g/mol. The molecule has 0 unspecified atom stereocenters. The van der Waals surface area contributed by atoms with Crippen molar-refractivity contribution in [2.24, 2.45) is 10.4 Å². The second-order valence-electron chi connectivity index (χ2n) is 10.8. The Bertz CT molecular complexity index is 1180. The Morgan fingerprint density at radius 1 is 0.765 bits per heavy atom. The number of nitrogens with zero attached hydrogens (tertiary/aromatic N) is 1. The van der Waals surface area contributed by atoms with Crippen molar-refractivity contribution in [1.29, 1.82) is 0 Å². The number of hydrogen-bond acceptors (Lipinski definition) is 1. The fourth-order valence-electron chi connectivity index (χ4n) is 4.04. The van der Waals surface area contributed by atoms with Crippen LogP contribution >= 0.6 is 0 Å². The molecule has 0 radical (unpaired) electrons. The first-order valence-corrected chi connectivity index (χ1v) is 12.2. The first kappa shape index (κ1) is 25.5. The zero-order valence-corrected chi connectivity index (χ0v) is 21.9. The molecule has 0 fully saturated rings. The lowest BCUT2D eigenvalue weighted by atomic mass is 9.27. The summed E-state index contributed by atoms with van der Waals surface area (Å²) in [7, 11) is 0. The van der Waals surface area contributed by atoms with Crippen molar-refractivity contribution in [1.82, 2.24) is 0 Å². The molecule has 34 heavy (non-hydrogen) atoms. The SMILES string of the molecule is C=C(N=C(/C=C(\C)c1ccccc1)c1ccccc1)c1cccc(B(C)C(C)(C)C(C)(C)C)c1. The predicted octanol–water partition coefficient (Wildman–Crippen LogP) is 8.41. The molecule has 3 rings (SSSR count). The zero-order chi connectivity index (χ0) is 24.9. The van der Waals surface area contributed by atoms with Crippen LogP contribution in [0.3, 0.4) is 0 Å². The van der Waals surface area contributed by atoms with E-state index in [1.807, 2.05) is 12.1 Å². The van der Waals surface area contributed by atoms with Crippen LogP contribution in [0.25, 0.3) is 11.3 Å². The molecule has 0 amide bonds. The summed E-state index contributed by atoms with van der Waals surface area (Å²) in [5.74, 6) is 0. The van der Waals surface area contributed by atoms with E-state index in [1.165, 1.54) is 16.6 Å². The van der Waals surface area contributed by atoms with Gasteiger partial charge in [0.05, 0.1) is 11.4 Å². The monoisotopic (exact) mass is 447 g/mol. The van der Waals surface area contributed by atoms with Gasteiger partial charge in [0.15, 0.2) is 6.71 Å². The zero-order valence-electron chi connectivity index (χ0n) is 21.9. The third-order valence-corrected chi connectivity index (χ3v) is 7.64. The van der Waals surface area contributed by atoms with Gasteiger partial charge in [0.1, 0.15) is 0 Å².